The first-order valence-corrected chi connectivity index (χ1v) is 7.09. The standard InChI is InChI=1S/C14H16ClN5/c1-16-13-17-12(10-4-6-11(15)7-5-10)18-14(19-13)20-8-2-3-9-20/h4-7H,2-3,8-9H2,1H3,(H,16,17,18,19). The summed E-state index contributed by atoms with van der Waals surface area (Å²) in [7, 11) is 1.81. The fourth-order valence-corrected chi connectivity index (χ4v) is 2.39. The Morgan fingerprint density at radius 1 is 1.05 bits per heavy atom. The van der Waals surface area contributed by atoms with Gasteiger partial charge >= 0.3 is 0 Å². The zero-order valence-corrected chi connectivity index (χ0v) is 12.1. The van der Waals surface area contributed by atoms with Crippen LogP contribution in [0.4, 0.5) is 11.9 Å². The Hall–Kier alpha value is -1.88. The van der Waals surface area contributed by atoms with Gasteiger partial charge in [-0.2, -0.15) is 15.0 Å². The van der Waals surface area contributed by atoms with Crippen LogP contribution in [0.5, 0.6) is 0 Å². The lowest BCUT2D eigenvalue weighted by atomic mass is 10.2. The van der Waals surface area contributed by atoms with Crippen molar-refractivity contribution in [3.8, 4) is 11.4 Å². The zero-order valence-electron chi connectivity index (χ0n) is 11.3. The fraction of sp³-hybridized carbons (Fsp3) is 0.357. The molecule has 1 fully saturated rings. The second-order valence-electron chi connectivity index (χ2n) is 4.73. The van der Waals surface area contributed by atoms with Crippen LogP contribution < -0.4 is 10.2 Å². The maximum absolute atomic E-state index is 5.92. The van der Waals surface area contributed by atoms with E-state index in [-0.39, 0.29) is 0 Å². The molecule has 0 atom stereocenters. The van der Waals surface area contributed by atoms with Crippen LogP contribution in [0.1, 0.15) is 12.8 Å². The van der Waals surface area contributed by atoms with Gasteiger partial charge in [-0.25, -0.2) is 0 Å². The third kappa shape index (κ3) is 2.67. The summed E-state index contributed by atoms with van der Waals surface area (Å²) in [6.07, 6.45) is 2.38. The van der Waals surface area contributed by atoms with E-state index in [2.05, 4.69) is 25.2 Å². The smallest absolute Gasteiger partial charge is 0.230 e. The third-order valence-electron chi connectivity index (χ3n) is 3.34. The maximum atomic E-state index is 5.92. The number of anilines is 2. The molecule has 0 aliphatic carbocycles. The van der Waals surface area contributed by atoms with Crippen molar-refractivity contribution in [3.63, 3.8) is 0 Å². The van der Waals surface area contributed by atoms with E-state index in [0.29, 0.717) is 16.8 Å². The lowest BCUT2D eigenvalue weighted by Crippen LogP contribution is -2.21. The molecular formula is C14H16ClN5. The van der Waals surface area contributed by atoms with Crippen LogP contribution in [0, 0.1) is 0 Å². The van der Waals surface area contributed by atoms with Gasteiger partial charge in [-0.15, -0.1) is 0 Å². The Kier molecular flexibility index (Phi) is 3.69. The minimum absolute atomic E-state index is 0.590. The summed E-state index contributed by atoms with van der Waals surface area (Å²) < 4.78 is 0. The number of hydrogen-bond acceptors (Lipinski definition) is 5. The number of aromatic nitrogens is 3. The van der Waals surface area contributed by atoms with Crippen molar-refractivity contribution in [3.05, 3.63) is 29.3 Å². The quantitative estimate of drug-likeness (QED) is 0.941. The molecule has 1 aromatic carbocycles. The Balaban J connectivity index is 2.01. The van der Waals surface area contributed by atoms with Crippen LogP contribution >= 0.6 is 11.6 Å². The van der Waals surface area contributed by atoms with Crippen molar-refractivity contribution in [2.45, 2.75) is 12.8 Å². The van der Waals surface area contributed by atoms with Gasteiger partial charge in [0.05, 0.1) is 0 Å². The molecular weight excluding hydrogens is 274 g/mol. The molecule has 1 N–H and O–H groups in total. The molecule has 0 radical (unpaired) electrons. The van der Waals surface area contributed by atoms with Gasteiger partial charge in [0.15, 0.2) is 5.82 Å². The summed E-state index contributed by atoms with van der Waals surface area (Å²) in [6, 6.07) is 7.53. The van der Waals surface area contributed by atoms with Crippen LogP contribution in [0.25, 0.3) is 11.4 Å². The Bertz CT molecular complexity index is 593. The second-order valence-corrected chi connectivity index (χ2v) is 5.17. The monoisotopic (exact) mass is 289 g/mol. The van der Waals surface area contributed by atoms with Crippen molar-refractivity contribution in [1.29, 1.82) is 0 Å². The molecule has 0 saturated carbocycles. The number of hydrogen-bond donors (Lipinski definition) is 1. The molecule has 1 aliphatic rings. The molecule has 1 aromatic heterocycles. The third-order valence-corrected chi connectivity index (χ3v) is 3.59. The first-order valence-electron chi connectivity index (χ1n) is 6.71. The Morgan fingerprint density at radius 3 is 2.40 bits per heavy atom. The first-order chi connectivity index (χ1) is 9.76. The van der Waals surface area contributed by atoms with Crippen molar-refractivity contribution in [2.75, 3.05) is 30.4 Å². The summed E-state index contributed by atoms with van der Waals surface area (Å²) in [5.41, 5.74) is 0.939. The van der Waals surface area contributed by atoms with Gasteiger partial charge in [0.2, 0.25) is 11.9 Å². The minimum Gasteiger partial charge on any atom is -0.357 e. The molecule has 20 heavy (non-hydrogen) atoms. The fourth-order valence-electron chi connectivity index (χ4n) is 2.26. The highest BCUT2D eigenvalue weighted by atomic mass is 35.5. The molecule has 0 bridgehead atoms. The van der Waals surface area contributed by atoms with Crippen LogP contribution in [-0.4, -0.2) is 35.1 Å². The predicted molar refractivity (Wildman–Crippen MR) is 81.3 cm³/mol. The zero-order chi connectivity index (χ0) is 13.9. The van der Waals surface area contributed by atoms with E-state index < -0.39 is 0 Å². The van der Waals surface area contributed by atoms with Gasteiger partial charge in [0.1, 0.15) is 0 Å². The van der Waals surface area contributed by atoms with E-state index in [1.807, 2.05) is 31.3 Å². The normalized spacial score (nSPS) is 14.6. The van der Waals surface area contributed by atoms with E-state index in [4.69, 9.17) is 11.6 Å². The van der Waals surface area contributed by atoms with Crippen LogP contribution in [0.15, 0.2) is 24.3 Å². The van der Waals surface area contributed by atoms with Crippen molar-refractivity contribution >= 4 is 23.5 Å². The topological polar surface area (TPSA) is 53.9 Å². The van der Waals surface area contributed by atoms with Gasteiger partial charge < -0.3 is 10.2 Å². The van der Waals surface area contributed by atoms with E-state index >= 15 is 0 Å². The van der Waals surface area contributed by atoms with E-state index in [9.17, 15) is 0 Å². The molecule has 5 nitrogen and oxygen atoms in total. The number of halogens is 1. The van der Waals surface area contributed by atoms with Crippen molar-refractivity contribution in [2.24, 2.45) is 0 Å². The van der Waals surface area contributed by atoms with E-state index in [1.165, 1.54) is 12.8 Å². The van der Waals surface area contributed by atoms with E-state index in [0.717, 1.165) is 24.6 Å². The first kappa shape index (κ1) is 13.1. The van der Waals surface area contributed by atoms with Crippen LogP contribution in [0.2, 0.25) is 5.02 Å². The summed E-state index contributed by atoms with van der Waals surface area (Å²) >= 11 is 5.92. The van der Waals surface area contributed by atoms with Crippen molar-refractivity contribution < 1.29 is 0 Å². The van der Waals surface area contributed by atoms with Crippen molar-refractivity contribution in [1.82, 2.24) is 15.0 Å². The molecule has 6 heteroatoms. The largest absolute Gasteiger partial charge is 0.357 e. The molecule has 2 heterocycles. The molecule has 2 aromatic rings. The highest BCUT2D eigenvalue weighted by Gasteiger charge is 2.17. The summed E-state index contributed by atoms with van der Waals surface area (Å²) in [4.78, 5) is 15.6. The van der Waals surface area contributed by atoms with Gasteiger partial charge in [0, 0.05) is 30.7 Å². The Morgan fingerprint density at radius 2 is 1.75 bits per heavy atom. The van der Waals surface area contributed by atoms with Crippen LogP contribution in [-0.2, 0) is 0 Å². The van der Waals surface area contributed by atoms with Gasteiger partial charge in [-0.05, 0) is 37.1 Å². The highest BCUT2D eigenvalue weighted by molar-refractivity contribution is 6.30. The Labute approximate surface area is 123 Å². The van der Waals surface area contributed by atoms with Gasteiger partial charge in [-0.3, -0.25) is 0 Å². The number of benzene rings is 1. The molecule has 1 saturated heterocycles. The second kappa shape index (κ2) is 5.63. The van der Waals surface area contributed by atoms with Gasteiger partial charge in [-0.1, -0.05) is 11.6 Å². The molecule has 0 unspecified atom stereocenters. The molecule has 0 spiro atoms. The summed E-state index contributed by atoms with van der Waals surface area (Å²) in [5.74, 6) is 2.00. The SMILES string of the molecule is CNc1nc(-c2ccc(Cl)cc2)nc(N2CCCC2)n1. The maximum Gasteiger partial charge on any atom is 0.230 e. The molecule has 1 aliphatic heterocycles. The van der Waals surface area contributed by atoms with E-state index in [1.54, 1.807) is 0 Å². The highest BCUT2D eigenvalue weighted by Crippen LogP contribution is 2.23. The minimum atomic E-state index is 0.590. The predicted octanol–water partition coefficient (Wildman–Crippen LogP) is 2.83. The van der Waals surface area contributed by atoms with Crippen LogP contribution in [0.3, 0.4) is 0 Å². The number of nitrogens with zero attached hydrogens (tertiary/aromatic N) is 4. The molecule has 0 amide bonds. The summed E-state index contributed by atoms with van der Waals surface area (Å²) in [5, 5.41) is 3.70. The lowest BCUT2D eigenvalue weighted by Gasteiger charge is -2.16. The number of nitrogens with one attached hydrogen (secondary N) is 1. The average Bonchev–Trinajstić information content (AvgIpc) is 3.02. The molecule has 104 valence electrons. The molecule has 3 rings (SSSR count). The average molecular weight is 290 g/mol. The number of rotatable bonds is 3. The lowest BCUT2D eigenvalue weighted by molar-refractivity contribution is 0.885. The summed E-state index contributed by atoms with van der Waals surface area (Å²) in [6.45, 7) is 2.01. The van der Waals surface area contributed by atoms with Gasteiger partial charge in [0.25, 0.3) is 0 Å².